The van der Waals surface area contributed by atoms with Gasteiger partial charge in [-0.1, -0.05) is 0 Å². The lowest BCUT2D eigenvalue weighted by Crippen LogP contribution is -2.49. The Hall–Kier alpha value is -1.85. The number of H-pyrrole nitrogens is 1. The molecule has 4 saturated carbocycles. The molecule has 0 aliphatic heterocycles. The summed E-state index contributed by atoms with van der Waals surface area (Å²) in [4.78, 5) is 30.3. The van der Waals surface area contributed by atoms with E-state index in [1.807, 2.05) is 0 Å². The van der Waals surface area contributed by atoms with E-state index < -0.39 is 11.2 Å². The quantitative estimate of drug-likeness (QED) is 0.804. The van der Waals surface area contributed by atoms with E-state index in [1.165, 1.54) is 32.5 Å². The zero-order valence-corrected chi connectivity index (χ0v) is 12.7. The van der Waals surface area contributed by atoms with Crippen molar-refractivity contribution in [1.29, 1.82) is 0 Å². The molecular formula is C16H21N3O3. The van der Waals surface area contributed by atoms with Crippen molar-refractivity contribution in [2.45, 2.75) is 44.1 Å². The minimum Gasteiger partial charge on any atom is -0.494 e. The van der Waals surface area contributed by atoms with Gasteiger partial charge in [0.15, 0.2) is 0 Å². The molecule has 0 amide bonds. The molecule has 4 fully saturated rings. The smallest absolute Gasteiger partial charge is 0.330 e. The van der Waals surface area contributed by atoms with Crippen LogP contribution in [-0.2, 0) is 7.05 Å². The molecule has 0 spiro atoms. The fraction of sp³-hybridized carbons (Fsp3) is 0.688. The van der Waals surface area contributed by atoms with Crippen LogP contribution in [0, 0.1) is 17.8 Å². The van der Waals surface area contributed by atoms with Crippen LogP contribution in [0.2, 0.25) is 0 Å². The second-order valence-corrected chi connectivity index (χ2v) is 7.46. The number of aromatic hydroxyl groups is 1. The molecule has 5 rings (SSSR count). The van der Waals surface area contributed by atoms with Crippen molar-refractivity contribution in [3.63, 3.8) is 0 Å². The van der Waals surface area contributed by atoms with Crippen molar-refractivity contribution in [2.24, 2.45) is 29.8 Å². The average Bonchev–Trinajstić information content (AvgIpc) is 2.43. The van der Waals surface area contributed by atoms with Gasteiger partial charge in [0.2, 0.25) is 5.88 Å². The SMILES string of the molecule is Cn1c(O)c(C=NC23CC4CC(CC(C4)C2)C3)c(=O)[nH]c1=O. The lowest BCUT2D eigenvalue weighted by Gasteiger charge is -2.54. The molecule has 6 nitrogen and oxygen atoms in total. The number of aromatic nitrogens is 2. The Kier molecular flexibility index (Phi) is 2.86. The van der Waals surface area contributed by atoms with Crippen LogP contribution in [0.3, 0.4) is 0 Å². The highest BCUT2D eigenvalue weighted by molar-refractivity contribution is 5.82. The summed E-state index contributed by atoms with van der Waals surface area (Å²) in [5.41, 5.74) is -1.16. The maximum absolute atomic E-state index is 11.9. The summed E-state index contributed by atoms with van der Waals surface area (Å²) in [5, 5.41) is 10.0. The molecule has 0 atom stereocenters. The normalized spacial score (nSPS) is 36.3. The topological polar surface area (TPSA) is 87.4 Å². The van der Waals surface area contributed by atoms with E-state index in [0.29, 0.717) is 0 Å². The van der Waals surface area contributed by atoms with Crippen LogP contribution in [-0.4, -0.2) is 26.4 Å². The molecule has 6 heteroatoms. The molecule has 4 aliphatic carbocycles. The van der Waals surface area contributed by atoms with Crippen LogP contribution in [0.25, 0.3) is 0 Å². The maximum Gasteiger partial charge on any atom is 0.330 e. The zero-order valence-electron chi connectivity index (χ0n) is 12.7. The van der Waals surface area contributed by atoms with Crippen molar-refractivity contribution in [3.05, 3.63) is 26.4 Å². The molecule has 0 aromatic carbocycles. The number of nitrogens with zero attached hydrogens (tertiary/aromatic N) is 2. The Morgan fingerprint density at radius 2 is 1.73 bits per heavy atom. The molecular weight excluding hydrogens is 282 g/mol. The van der Waals surface area contributed by atoms with Gasteiger partial charge >= 0.3 is 5.69 Å². The van der Waals surface area contributed by atoms with E-state index in [2.05, 4.69) is 4.98 Å². The van der Waals surface area contributed by atoms with Crippen molar-refractivity contribution < 1.29 is 5.11 Å². The van der Waals surface area contributed by atoms with Gasteiger partial charge in [0.25, 0.3) is 5.56 Å². The van der Waals surface area contributed by atoms with Gasteiger partial charge in [-0.15, -0.1) is 0 Å². The summed E-state index contributed by atoms with van der Waals surface area (Å²) >= 11 is 0. The molecule has 118 valence electrons. The van der Waals surface area contributed by atoms with Gasteiger partial charge in [-0.2, -0.15) is 0 Å². The van der Waals surface area contributed by atoms with E-state index in [0.717, 1.165) is 41.6 Å². The summed E-state index contributed by atoms with van der Waals surface area (Å²) in [6, 6.07) is 0. The van der Waals surface area contributed by atoms with E-state index in [1.54, 1.807) is 0 Å². The minimum absolute atomic E-state index is 0.0532. The van der Waals surface area contributed by atoms with Gasteiger partial charge in [0, 0.05) is 13.3 Å². The lowest BCUT2D eigenvalue weighted by molar-refractivity contribution is 0.00194. The highest BCUT2D eigenvalue weighted by Crippen LogP contribution is 2.57. The lowest BCUT2D eigenvalue weighted by atomic mass is 9.53. The monoisotopic (exact) mass is 303 g/mol. The Labute approximate surface area is 127 Å². The Morgan fingerprint density at radius 3 is 2.27 bits per heavy atom. The van der Waals surface area contributed by atoms with Gasteiger partial charge in [0.05, 0.1) is 5.54 Å². The maximum atomic E-state index is 11.9. The first-order chi connectivity index (χ1) is 10.5. The standard InChI is InChI=1S/C16H21N3O3/c1-19-14(21)12(13(20)18-15(19)22)8-17-16-5-9-2-10(6-16)4-11(3-9)7-16/h8-11,21H,2-7H2,1H3,(H,18,20,22). The molecule has 1 heterocycles. The summed E-state index contributed by atoms with van der Waals surface area (Å²) in [5.74, 6) is 2.00. The van der Waals surface area contributed by atoms with Crippen LogP contribution >= 0.6 is 0 Å². The van der Waals surface area contributed by atoms with Crippen molar-refractivity contribution in [3.8, 4) is 5.88 Å². The van der Waals surface area contributed by atoms with Crippen molar-refractivity contribution in [2.75, 3.05) is 0 Å². The molecule has 0 radical (unpaired) electrons. The number of hydrogen-bond acceptors (Lipinski definition) is 4. The van der Waals surface area contributed by atoms with E-state index in [-0.39, 0.29) is 17.0 Å². The number of nitrogens with one attached hydrogen (secondary N) is 1. The summed E-state index contributed by atoms with van der Waals surface area (Å²) < 4.78 is 1.03. The molecule has 2 N–H and O–H groups in total. The highest BCUT2D eigenvalue weighted by Gasteiger charge is 2.50. The van der Waals surface area contributed by atoms with Crippen LogP contribution in [0.15, 0.2) is 14.6 Å². The zero-order chi connectivity index (χ0) is 15.5. The van der Waals surface area contributed by atoms with Crippen LogP contribution in [0.4, 0.5) is 0 Å². The van der Waals surface area contributed by atoms with Gasteiger partial charge in [-0.05, 0) is 56.3 Å². The third kappa shape index (κ3) is 2.04. The predicted octanol–water partition coefficient (Wildman–Crippen LogP) is 1.17. The predicted molar refractivity (Wildman–Crippen MR) is 82.5 cm³/mol. The van der Waals surface area contributed by atoms with Gasteiger partial charge in [-0.3, -0.25) is 19.3 Å². The Bertz CT molecular complexity index is 724. The van der Waals surface area contributed by atoms with Gasteiger partial charge in [0.1, 0.15) is 5.56 Å². The number of rotatable bonds is 2. The molecule has 0 saturated heterocycles. The first-order valence-corrected chi connectivity index (χ1v) is 8.03. The Morgan fingerprint density at radius 1 is 1.18 bits per heavy atom. The summed E-state index contributed by atoms with van der Waals surface area (Å²) in [6.07, 6.45) is 8.78. The fourth-order valence-electron chi connectivity index (χ4n) is 5.17. The first-order valence-electron chi connectivity index (χ1n) is 8.03. The van der Waals surface area contributed by atoms with E-state index >= 15 is 0 Å². The Balaban J connectivity index is 1.70. The molecule has 4 aliphatic rings. The molecule has 1 aromatic heterocycles. The molecule has 1 aromatic rings. The molecule has 4 bridgehead atoms. The second kappa shape index (κ2) is 4.57. The first kappa shape index (κ1) is 13.8. The summed E-state index contributed by atoms with van der Waals surface area (Å²) in [6.45, 7) is 0. The third-order valence-electron chi connectivity index (χ3n) is 5.80. The van der Waals surface area contributed by atoms with Crippen molar-refractivity contribution >= 4 is 6.21 Å². The average molecular weight is 303 g/mol. The minimum atomic E-state index is -0.616. The second-order valence-electron chi connectivity index (χ2n) is 7.46. The van der Waals surface area contributed by atoms with Gasteiger partial charge in [-0.25, -0.2) is 4.79 Å². The number of hydrogen-bond donors (Lipinski definition) is 2. The molecule has 0 unspecified atom stereocenters. The number of aliphatic imine (C=N–C) groups is 1. The van der Waals surface area contributed by atoms with Gasteiger partial charge < -0.3 is 5.11 Å². The summed E-state index contributed by atoms with van der Waals surface area (Å²) in [7, 11) is 1.43. The van der Waals surface area contributed by atoms with Crippen molar-refractivity contribution in [1.82, 2.24) is 9.55 Å². The van der Waals surface area contributed by atoms with Crippen LogP contribution in [0.5, 0.6) is 5.88 Å². The van der Waals surface area contributed by atoms with E-state index in [4.69, 9.17) is 4.99 Å². The fourth-order valence-corrected chi connectivity index (χ4v) is 5.17. The largest absolute Gasteiger partial charge is 0.494 e. The van der Waals surface area contributed by atoms with Crippen LogP contribution < -0.4 is 11.2 Å². The third-order valence-corrected chi connectivity index (χ3v) is 5.80. The molecule has 22 heavy (non-hydrogen) atoms. The highest BCUT2D eigenvalue weighted by atomic mass is 16.3. The van der Waals surface area contributed by atoms with E-state index in [9.17, 15) is 14.7 Å². The number of aromatic amines is 1. The van der Waals surface area contributed by atoms with Crippen LogP contribution in [0.1, 0.15) is 44.1 Å².